The summed E-state index contributed by atoms with van der Waals surface area (Å²) in [7, 11) is 0. The number of hydrogen-bond acceptors (Lipinski definition) is 11. The van der Waals surface area contributed by atoms with Crippen LogP contribution >= 0.6 is 11.6 Å². The number of nitrogens with zero attached hydrogens (tertiary/aromatic N) is 6. The minimum absolute atomic E-state index is 0. The Morgan fingerprint density at radius 3 is 0.924 bits per heavy atom. The molecule has 0 bridgehead atoms. The van der Waals surface area contributed by atoms with Crippen molar-refractivity contribution in [3.05, 3.63) is 341 Å². The Hall–Kier alpha value is -9.81. The number of esters is 1. The van der Waals surface area contributed by atoms with Gasteiger partial charge in [0.25, 0.3) is 0 Å². The van der Waals surface area contributed by atoms with Crippen LogP contribution in [-0.2, 0) is 54.5 Å². The fourth-order valence-electron chi connectivity index (χ4n) is 7.31. The number of benzene rings is 6. The molecule has 1 aliphatic rings. The first-order chi connectivity index (χ1) is 44.0. The van der Waals surface area contributed by atoms with E-state index in [1.165, 1.54) is 12.8 Å². The van der Waals surface area contributed by atoms with Crippen LogP contribution in [0.2, 0.25) is 0 Å². The van der Waals surface area contributed by atoms with E-state index in [9.17, 15) is 14.7 Å². The van der Waals surface area contributed by atoms with Crippen LogP contribution in [0, 0.1) is 36.4 Å². The molecule has 0 aliphatic carbocycles. The van der Waals surface area contributed by atoms with E-state index < -0.39 is 11.2 Å². The number of phenolic OH excluding ortho intramolecular Hbond substituents is 1. The van der Waals surface area contributed by atoms with Crippen molar-refractivity contribution < 1.29 is 64.4 Å². The molecule has 12 aromatic rings. The second-order valence-corrected chi connectivity index (χ2v) is 19.2. The summed E-state index contributed by atoms with van der Waals surface area (Å²) < 4.78 is 10.1. The molecule has 92 heavy (non-hydrogen) atoms. The molecule has 462 valence electrons. The number of carbonyl (C=O) groups is 2. The van der Waals surface area contributed by atoms with Gasteiger partial charge in [0.1, 0.15) is 0 Å². The molecule has 0 atom stereocenters. The fraction of sp³-hybridized carbons (Fsp3) is 0.0769. The summed E-state index contributed by atoms with van der Waals surface area (Å²) in [6.07, 6.45) is 13.1. The third-order valence-electron chi connectivity index (χ3n) is 11.8. The van der Waals surface area contributed by atoms with E-state index in [4.69, 9.17) is 21.1 Å². The number of aromatic nitrogens is 6. The number of rotatable bonds is 9. The average molecular weight is 1590 g/mol. The van der Waals surface area contributed by atoms with Crippen molar-refractivity contribution in [3.63, 3.8) is 0 Å². The number of pyridine rings is 6. The Morgan fingerprint density at radius 1 is 0.402 bits per heavy atom. The molecule has 1 fully saturated rings. The number of aromatic hydroxyl groups is 1. The largest absolute Gasteiger partial charge is 3.00 e. The van der Waals surface area contributed by atoms with Crippen molar-refractivity contribution in [1.29, 1.82) is 0 Å². The molecule has 0 spiro atoms. The molecule has 14 heteroatoms. The molecule has 6 aromatic carbocycles. The maximum Gasteiger partial charge on any atom is 3.00 e. The van der Waals surface area contributed by atoms with Gasteiger partial charge in [0.2, 0.25) is 5.24 Å². The maximum absolute atomic E-state index is 11.4. The van der Waals surface area contributed by atoms with Crippen LogP contribution in [0.15, 0.2) is 304 Å². The van der Waals surface area contributed by atoms with Gasteiger partial charge < -0.3 is 44.5 Å². The van der Waals surface area contributed by atoms with Crippen molar-refractivity contribution in [2.75, 3.05) is 13.2 Å². The standard InChI is InChI=1S/C15H12NO2.C11H8NO.4C11H8N.C4H5ClO.C4H8O.2Ir/c1-11(2)15(17)18-13-7-5-6-12(10-13)14-8-3-4-9-16-14;13-10-5-3-4-9(8-10)11-6-1-2-7-12-11;4*1-2-6-10(7-3-1)11-8-4-5-9-12-11;1-3(2)4(5)6;1-2-4-5-3-1;;/h3-5,7-10H,1H2,2H3;1-3,5-8,13H;4*1-6,8-9H;1H2,2H3;1-4H2;;/q6*-1;;;2*+3. The van der Waals surface area contributed by atoms with E-state index in [1.54, 1.807) is 87.4 Å². The summed E-state index contributed by atoms with van der Waals surface area (Å²) in [5, 5.41) is 8.76. The predicted octanol–water partition coefficient (Wildman–Crippen LogP) is 17.6. The van der Waals surface area contributed by atoms with Gasteiger partial charge in [0, 0.05) is 67.3 Å². The van der Waals surface area contributed by atoms with E-state index in [-0.39, 0.29) is 46.0 Å². The zero-order valence-corrected chi connectivity index (χ0v) is 56.2. The van der Waals surface area contributed by atoms with E-state index in [0.717, 1.165) is 80.8 Å². The number of carbonyl (C=O) groups excluding carboxylic acids is 2. The third kappa shape index (κ3) is 29.2. The number of ether oxygens (including phenoxy) is 2. The number of halogens is 1. The molecular weight excluding hydrogens is 1520 g/mol. The Labute approximate surface area is 572 Å². The van der Waals surface area contributed by atoms with Gasteiger partial charge >= 0.3 is 46.2 Å². The van der Waals surface area contributed by atoms with Gasteiger partial charge in [-0.15, -0.1) is 203 Å². The van der Waals surface area contributed by atoms with Crippen molar-refractivity contribution in [3.8, 4) is 79.0 Å². The predicted molar refractivity (Wildman–Crippen MR) is 359 cm³/mol. The summed E-state index contributed by atoms with van der Waals surface area (Å²) >= 11 is 4.87. The molecule has 1 aliphatic heterocycles. The van der Waals surface area contributed by atoms with Gasteiger partial charge in [0.05, 0.1) is 5.75 Å². The molecule has 1 N–H and O–H groups in total. The van der Waals surface area contributed by atoms with Crippen LogP contribution < -0.4 is 4.74 Å². The Morgan fingerprint density at radius 2 is 0.685 bits per heavy atom. The first-order valence-corrected chi connectivity index (χ1v) is 28.8. The number of hydrogen-bond donors (Lipinski definition) is 1. The van der Waals surface area contributed by atoms with Crippen LogP contribution in [0.1, 0.15) is 26.7 Å². The number of phenols is 1. The molecular formula is C78H65ClIr2N6O5. The Kier molecular flexibility index (Phi) is 36.2. The summed E-state index contributed by atoms with van der Waals surface area (Å²) in [5.41, 5.74) is 12.0. The van der Waals surface area contributed by atoms with Crippen molar-refractivity contribution >= 4 is 22.8 Å². The van der Waals surface area contributed by atoms with Crippen LogP contribution in [-0.4, -0.2) is 59.4 Å². The van der Waals surface area contributed by atoms with Crippen LogP contribution in [0.25, 0.3) is 67.5 Å². The first kappa shape index (κ1) is 74.7. The monoisotopic (exact) mass is 1590 g/mol. The molecule has 0 radical (unpaired) electrons. The average Bonchev–Trinajstić information content (AvgIpc) is 1.88. The summed E-state index contributed by atoms with van der Waals surface area (Å²) in [5.74, 6) is 0.259. The van der Waals surface area contributed by atoms with E-state index in [0.29, 0.717) is 16.9 Å². The molecule has 0 unspecified atom stereocenters. The van der Waals surface area contributed by atoms with E-state index in [2.05, 4.69) is 79.5 Å². The maximum atomic E-state index is 11.4. The topological polar surface area (TPSA) is 150 Å². The van der Waals surface area contributed by atoms with Gasteiger partial charge in [-0.3, -0.25) is 4.79 Å². The Balaban J connectivity index is 0.000000228. The van der Waals surface area contributed by atoms with Crippen LogP contribution in [0.5, 0.6) is 11.5 Å². The SMILES string of the molecule is C1CCOC1.C=C(C)C(=O)Cl.C=C(C)C(=O)Oc1cc[c-]c(-c2ccccn2)c1.Oc1cc[c-]c(-c2ccccn2)c1.[Ir+3].[Ir+3].[c-]1ccccc1-c1ccccn1.[c-]1ccccc1-c1ccccn1.[c-]1ccccc1-c1ccccn1.[c-]1ccccc1-c1ccccn1. The molecule has 11 nitrogen and oxygen atoms in total. The summed E-state index contributed by atoms with van der Waals surface area (Å²) in [6.45, 7) is 12.0. The van der Waals surface area contributed by atoms with Crippen molar-refractivity contribution in [2.45, 2.75) is 26.7 Å². The molecule has 13 rings (SSSR count). The zero-order valence-electron chi connectivity index (χ0n) is 50.6. The fourth-order valence-corrected chi connectivity index (χ4v) is 7.31. The molecule has 0 saturated carbocycles. The third-order valence-corrected chi connectivity index (χ3v) is 12.1. The normalized spacial score (nSPS) is 10.2. The number of allylic oxidation sites excluding steroid dienone is 1. The molecule has 6 aromatic heterocycles. The van der Waals surface area contributed by atoms with E-state index >= 15 is 0 Å². The molecule has 1 saturated heterocycles. The van der Waals surface area contributed by atoms with Crippen molar-refractivity contribution in [1.82, 2.24) is 29.9 Å². The smallest absolute Gasteiger partial charge is 0.527 e. The van der Waals surface area contributed by atoms with Gasteiger partial charge in [-0.2, -0.15) is 0 Å². The van der Waals surface area contributed by atoms with E-state index in [1.807, 2.05) is 206 Å². The van der Waals surface area contributed by atoms with Gasteiger partial charge in [-0.1, -0.05) is 86.0 Å². The van der Waals surface area contributed by atoms with Crippen LogP contribution in [0.4, 0.5) is 0 Å². The second-order valence-electron chi connectivity index (χ2n) is 18.8. The molecule has 0 amide bonds. The summed E-state index contributed by atoms with van der Waals surface area (Å²) in [6, 6.07) is 94.6. The van der Waals surface area contributed by atoms with Gasteiger partial charge in [0.15, 0.2) is 0 Å². The Bertz CT molecular complexity index is 3460. The summed E-state index contributed by atoms with van der Waals surface area (Å²) in [4.78, 5) is 46.5. The minimum Gasteiger partial charge on any atom is -0.527 e. The second kappa shape index (κ2) is 44.6. The van der Waals surface area contributed by atoms with Gasteiger partial charge in [-0.25, -0.2) is 4.79 Å². The zero-order chi connectivity index (χ0) is 63.6. The van der Waals surface area contributed by atoms with Crippen molar-refractivity contribution in [2.24, 2.45) is 0 Å². The quantitative estimate of drug-likeness (QED) is 0.0484. The van der Waals surface area contributed by atoms with Gasteiger partial charge in [-0.05, 0) is 109 Å². The minimum atomic E-state index is -0.463. The van der Waals surface area contributed by atoms with Crippen LogP contribution in [0.3, 0.4) is 0 Å². The molecule has 7 heterocycles. The first-order valence-electron chi connectivity index (χ1n) is 28.4.